The van der Waals surface area contributed by atoms with Crippen LogP contribution < -0.4 is 4.74 Å². The Hall–Kier alpha value is -0.290. The Bertz CT molecular complexity index is 448. The lowest BCUT2D eigenvalue weighted by atomic mass is 10.2. The van der Waals surface area contributed by atoms with E-state index in [1.807, 2.05) is 18.2 Å². The van der Waals surface area contributed by atoms with Gasteiger partial charge in [-0.25, -0.2) is 0 Å². The minimum absolute atomic E-state index is 0.343. The second-order valence-electron chi connectivity index (χ2n) is 5.65. The van der Waals surface area contributed by atoms with Gasteiger partial charge in [0.15, 0.2) is 0 Å². The molecule has 1 fully saturated rings. The van der Waals surface area contributed by atoms with Gasteiger partial charge in [-0.15, -0.1) is 0 Å². The van der Waals surface area contributed by atoms with Crippen LogP contribution in [-0.2, 0) is 4.74 Å². The van der Waals surface area contributed by atoms with Gasteiger partial charge in [0, 0.05) is 18.1 Å². The van der Waals surface area contributed by atoms with Gasteiger partial charge < -0.3 is 9.47 Å². The number of benzene rings is 1. The van der Waals surface area contributed by atoms with Crippen molar-refractivity contribution < 1.29 is 9.47 Å². The number of ether oxygens (including phenoxy) is 2. The van der Waals surface area contributed by atoms with Gasteiger partial charge >= 0.3 is 0 Å². The molecule has 0 radical (unpaired) electrons. The molecule has 5 heteroatoms. The number of hydrogen-bond donors (Lipinski definition) is 0. The van der Waals surface area contributed by atoms with E-state index in [9.17, 15) is 0 Å². The van der Waals surface area contributed by atoms with Gasteiger partial charge in [0.25, 0.3) is 0 Å². The highest BCUT2D eigenvalue weighted by Gasteiger charge is 2.21. The first kappa shape index (κ1) is 17.1. The minimum Gasteiger partial charge on any atom is -0.492 e. The van der Waals surface area contributed by atoms with E-state index in [2.05, 4.69) is 34.7 Å². The predicted octanol–water partition coefficient (Wildman–Crippen LogP) is 4.37. The molecule has 2 atom stereocenters. The number of morpholine rings is 1. The summed E-state index contributed by atoms with van der Waals surface area (Å²) in [5, 5.41) is 0.713. The lowest BCUT2D eigenvalue weighted by Gasteiger charge is -2.35. The molecule has 1 aliphatic rings. The maximum Gasteiger partial charge on any atom is 0.133 e. The van der Waals surface area contributed by atoms with Gasteiger partial charge in [-0.1, -0.05) is 11.6 Å². The third-order valence-corrected chi connectivity index (χ3v) is 4.37. The Labute approximate surface area is 140 Å². The van der Waals surface area contributed by atoms with Gasteiger partial charge in [-0.2, -0.15) is 0 Å². The van der Waals surface area contributed by atoms with Crippen LogP contribution in [0.15, 0.2) is 22.7 Å². The smallest absolute Gasteiger partial charge is 0.133 e. The summed E-state index contributed by atoms with van der Waals surface area (Å²) >= 11 is 9.37. The fourth-order valence-corrected chi connectivity index (χ4v) is 3.48. The fourth-order valence-electron chi connectivity index (χ4n) is 2.68. The lowest BCUT2D eigenvalue weighted by Crippen LogP contribution is -2.45. The molecule has 0 N–H and O–H groups in total. The molecule has 0 amide bonds. The molecule has 0 saturated carbocycles. The van der Waals surface area contributed by atoms with E-state index in [1.54, 1.807) is 0 Å². The van der Waals surface area contributed by atoms with Crippen LogP contribution in [0, 0.1) is 0 Å². The van der Waals surface area contributed by atoms with E-state index in [1.165, 1.54) is 0 Å². The Morgan fingerprint density at radius 2 is 2.00 bits per heavy atom. The van der Waals surface area contributed by atoms with Crippen molar-refractivity contribution in [2.45, 2.75) is 38.9 Å². The highest BCUT2D eigenvalue weighted by molar-refractivity contribution is 9.10. The number of hydrogen-bond acceptors (Lipinski definition) is 3. The summed E-state index contributed by atoms with van der Waals surface area (Å²) in [4.78, 5) is 2.48. The topological polar surface area (TPSA) is 21.7 Å². The molecular weight excluding hydrogens is 354 g/mol. The normalized spacial score (nSPS) is 23.2. The van der Waals surface area contributed by atoms with E-state index in [-0.39, 0.29) is 0 Å². The monoisotopic (exact) mass is 375 g/mol. The molecule has 1 aromatic carbocycles. The van der Waals surface area contributed by atoms with Gasteiger partial charge in [0.1, 0.15) is 5.75 Å². The summed E-state index contributed by atoms with van der Waals surface area (Å²) in [5.74, 6) is 0.855. The Balaban J connectivity index is 1.63. The first-order valence-electron chi connectivity index (χ1n) is 7.50. The van der Waals surface area contributed by atoms with Crippen LogP contribution in [0.3, 0.4) is 0 Å². The summed E-state index contributed by atoms with van der Waals surface area (Å²) in [6.07, 6.45) is 2.88. The maximum absolute atomic E-state index is 5.91. The molecule has 1 aromatic rings. The van der Waals surface area contributed by atoms with Crippen molar-refractivity contribution in [3.63, 3.8) is 0 Å². The zero-order valence-corrected chi connectivity index (χ0v) is 15.0. The van der Waals surface area contributed by atoms with Gasteiger partial charge in [0.05, 0.1) is 23.3 Å². The van der Waals surface area contributed by atoms with Crippen LogP contribution in [-0.4, -0.2) is 43.3 Å². The molecule has 118 valence electrons. The zero-order valence-electron chi connectivity index (χ0n) is 12.6. The molecule has 0 spiro atoms. The highest BCUT2D eigenvalue weighted by Crippen LogP contribution is 2.28. The SMILES string of the molecule is C[C@@H]1CN(CCCCOc2ccc(Cl)cc2Br)C[C@H](C)O1. The number of rotatable bonds is 6. The van der Waals surface area contributed by atoms with E-state index in [0.29, 0.717) is 17.2 Å². The average Bonchev–Trinajstić information content (AvgIpc) is 2.39. The third-order valence-electron chi connectivity index (χ3n) is 3.52. The van der Waals surface area contributed by atoms with E-state index >= 15 is 0 Å². The molecule has 0 aromatic heterocycles. The Kier molecular flexibility index (Phi) is 6.80. The van der Waals surface area contributed by atoms with Crippen molar-refractivity contribution in [3.8, 4) is 5.75 Å². The summed E-state index contributed by atoms with van der Waals surface area (Å²) in [5.41, 5.74) is 0. The second-order valence-corrected chi connectivity index (χ2v) is 6.94. The molecule has 1 aliphatic heterocycles. The van der Waals surface area contributed by atoms with Gasteiger partial charge in [-0.3, -0.25) is 4.90 Å². The molecule has 3 nitrogen and oxygen atoms in total. The first-order valence-corrected chi connectivity index (χ1v) is 8.67. The molecule has 21 heavy (non-hydrogen) atoms. The molecule has 0 bridgehead atoms. The summed E-state index contributed by atoms with van der Waals surface area (Å²) in [6.45, 7) is 8.20. The summed E-state index contributed by atoms with van der Waals surface area (Å²) in [6, 6.07) is 5.60. The fraction of sp³-hybridized carbons (Fsp3) is 0.625. The molecule has 2 rings (SSSR count). The zero-order chi connectivity index (χ0) is 15.2. The molecule has 0 aliphatic carbocycles. The van der Waals surface area contributed by atoms with E-state index < -0.39 is 0 Å². The molecule has 0 unspecified atom stereocenters. The molecule has 1 heterocycles. The van der Waals surface area contributed by atoms with Crippen molar-refractivity contribution in [2.24, 2.45) is 0 Å². The largest absolute Gasteiger partial charge is 0.492 e. The lowest BCUT2D eigenvalue weighted by molar-refractivity contribution is -0.0682. The van der Waals surface area contributed by atoms with Crippen molar-refractivity contribution >= 4 is 27.5 Å². The van der Waals surface area contributed by atoms with Gasteiger partial charge in [0.2, 0.25) is 0 Å². The highest BCUT2D eigenvalue weighted by atomic mass is 79.9. The van der Waals surface area contributed by atoms with Crippen LogP contribution in [0.5, 0.6) is 5.75 Å². The maximum atomic E-state index is 5.91. The minimum atomic E-state index is 0.343. The predicted molar refractivity (Wildman–Crippen MR) is 90.3 cm³/mol. The third kappa shape index (κ3) is 5.78. The number of halogens is 2. The number of nitrogens with zero attached hydrogens (tertiary/aromatic N) is 1. The standard InChI is InChI=1S/C16H23BrClNO2/c1-12-10-19(11-13(2)21-12)7-3-4-8-20-16-6-5-14(18)9-15(16)17/h5-6,9,12-13H,3-4,7-8,10-11H2,1-2H3/t12-,13+. The number of unbranched alkanes of at least 4 members (excludes halogenated alkanes) is 1. The van der Waals surface area contributed by atoms with Gasteiger partial charge in [-0.05, 0) is 67.4 Å². The van der Waals surface area contributed by atoms with E-state index in [4.69, 9.17) is 21.1 Å². The average molecular weight is 377 g/mol. The molecular formula is C16H23BrClNO2. The summed E-state index contributed by atoms with van der Waals surface area (Å²) in [7, 11) is 0. The van der Waals surface area contributed by atoms with Crippen LogP contribution >= 0.6 is 27.5 Å². The van der Waals surface area contributed by atoms with Crippen molar-refractivity contribution in [2.75, 3.05) is 26.2 Å². The Morgan fingerprint density at radius 3 is 2.67 bits per heavy atom. The summed E-state index contributed by atoms with van der Waals surface area (Å²) < 4.78 is 12.4. The second kappa shape index (κ2) is 8.37. The quantitative estimate of drug-likeness (QED) is 0.688. The van der Waals surface area contributed by atoms with Crippen LogP contribution in [0.2, 0.25) is 5.02 Å². The van der Waals surface area contributed by atoms with Crippen LogP contribution in [0.4, 0.5) is 0 Å². The first-order chi connectivity index (χ1) is 10.0. The van der Waals surface area contributed by atoms with Crippen molar-refractivity contribution in [1.29, 1.82) is 0 Å². The van der Waals surface area contributed by atoms with Crippen molar-refractivity contribution in [3.05, 3.63) is 27.7 Å². The van der Waals surface area contributed by atoms with Crippen LogP contribution in [0.25, 0.3) is 0 Å². The van der Waals surface area contributed by atoms with Crippen molar-refractivity contribution in [1.82, 2.24) is 4.90 Å². The van der Waals surface area contributed by atoms with E-state index in [0.717, 1.165) is 49.3 Å². The Morgan fingerprint density at radius 1 is 1.29 bits per heavy atom. The van der Waals surface area contributed by atoms with Crippen LogP contribution in [0.1, 0.15) is 26.7 Å². The molecule has 1 saturated heterocycles.